The minimum atomic E-state index is -0.583. The maximum atomic E-state index is 13.5. The van der Waals surface area contributed by atoms with Crippen molar-refractivity contribution in [1.82, 2.24) is 9.78 Å². The van der Waals surface area contributed by atoms with Gasteiger partial charge in [0.2, 0.25) is 0 Å². The van der Waals surface area contributed by atoms with Gasteiger partial charge in [0.1, 0.15) is 17.6 Å². The Balaban J connectivity index is 2.53. The highest BCUT2D eigenvalue weighted by molar-refractivity contribution is 5.93. The van der Waals surface area contributed by atoms with Crippen molar-refractivity contribution in [3.63, 3.8) is 0 Å². The van der Waals surface area contributed by atoms with Crippen LogP contribution in [0.5, 0.6) is 0 Å². The molecule has 90 valence electrons. The summed E-state index contributed by atoms with van der Waals surface area (Å²) in [7, 11) is 1.68. The average Bonchev–Trinajstić information content (AvgIpc) is 2.71. The number of hydrogen-bond acceptors (Lipinski definition) is 3. The molecule has 1 heterocycles. The van der Waals surface area contributed by atoms with Gasteiger partial charge in [-0.1, -0.05) is 6.07 Å². The Bertz CT molecular complexity index is 667. The third kappa shape index (κ3) is 2.00. The molecule has 1 aromatic heterocycles. The lowest BCUT2D eigenvalue weighted by Crippen LogP contribution is -1.97. The summed E-state index contributed by atoms with van der Waals surface area (Å²) >= 11 is 0. The first kappa shape index (κ1) is 12.0. The van der Waals surface area contributed by atoms with Crippen molar-refractivity contribution < 1.29 is 9.18 Å². The average molecular weight is 243 g/mol. The second-order valence-corrected chi connectivity index (χ2v) is 3.90. The summed E-state index contributed by atoms with van der Waals surface area (Å²) in [5.41, 5.74) is 1.53. The molecular weight excluding hydrogens is 233 g/mol. The van der Waals surface area contributed by atoms with Gasteiger partial charge in [-0.3, -0.25) is 9.48 Å². The van der Waals surface area contributed by atoms with Crippen molar-refractivity contribution in [3.8, 4) is 17.3 Å². The maximum Gasteiger partial charge on any atom is 0.180 e. The molecule has 0 saturated carbocycles. The Morgan fingerprint density at radius 1 is 1.44 bits per heavy atom. The molecule has 2 aromatic rings. The Morgan fingerprint density at radius 2 is 2.17 bits per heavy atom. The van der Waals surface area contributed by atoms with E-state index in [-0.39, 0.29) is 11.3 Å². The van der Waals surface area contributed by atoms with E-state index in [0.29, 0.717) is 17.0 Å². The van der Waals surface area contributed by atoms with E-state index < -0.39 is 5.82 Å². The molecule has 5 heteroatoms. The standard InChI is InChI=1S/C13H10FN3O/c1-8(18)12-6-13(17(2)16-12)9-3-4-10(7-15)11(14)5-9/h3-6H,1-2H3. The van der Waals surface area contributed by atoms with Crippen LogP contribution in [0.15, 0.2) is 24.3 Å². The smallest absolute Gasteiger partial charge is 0.180 e. The molecule has 1 aromatic carbocycles. The molecule has 2 rings (SSSR count). The Labute approximate surface area is 103 Å². The number of aryl methyl sites for hydroxylation is 1. The number of carbonyl (C=O) groups excluding carboxylic acids is 1. The van der Waals surface area contributed by atoms with E-state index in [0.717, 1.165) is 0 Å². The fraction of sp³-hybridized carbons (Fsp3) is 0.154. The van der Waals surface area contributed by atoms with E-state index in [2.05, 4.69) is 5.10 Å². The van der Waals surface area contributed by atoms with Crippen LogP contribution in [-0.2, 0) is 7.05 Å². The molecule has 0 amide bonds. The monoisotopic (exact) mass is 243 g/mol. The van der Waals surface area contributed by atoms with Crippen LogP contribution in [-0.4, -0.2) is 15.6 Å². The van der Waals surface area contributed by atoms with Crippen LogP contribution in [0, 0.1) is 17.1 Å². The van der Waals surface area contributed by atoms with Gasteiger partial charge in [-0.2, -0.15) is 10.4 Å². The summed E-state index contributed by atoms with van der Waals surface area (Å²) in [6.45, 7) is 1.42. The minimum Gasteiger partial charge on any atom is -0.293 e. The fourth-order valence-electron chi connectivity index (χ4n) is 1.67. The first-order chi connectivity index (χ1) is 8.52. The quantitative estimate of drug-likeness (QED) is 0.760. The van der Waals surface area contributed by atoms with Crippen LogP contribution in [0.2, 0.25) is 0 Å². The van der Waals surface area contributed by atoms with E-state index in [1.165, 1.54) is 23.7 Å². The number of hydrogen-bond donors (Lipinski definition) is 0. The molecule has 0 fully saturated rings. The minimum absolute atomic E-state index is 0.00675. The lowest BCUT2D eigenvalue weighted by atomic mass is 10.1. The number of ketones is 1. The van der Waals surface area contributed by atoms with Gasteiger partial charge in [0, 0.05) is 19.5 Å². The van der Waals surface area contributed by atoms with E-state index >= 15 is 0 Å². The summed E-state index contributed by atoms with van der Waals surface area (Å²) in [6, 6.07) is 7.66. The maximum absolute atomic E-state index is 13.5. The number of carbonyl (C=O) groups is 1. The van der Waals surface area contributed by atoms with Crippen molar-refractivity contribution in [2.45, 2.75) is 6.92 Å². The molecule has 0 unspecified atom stereocenters. The lowest BCUT2D eigenvalue weighted by molar-refractivity contribution is 0.101. The second-order valence-electron chi connectivity index (χ2n) is 3.90. The Kier molecular flexibility index (Phi) is 2.94. The summed E-state index contributed by atoms with van der Waals surface area (Å²) < 4.78 is 15.0. The van der Waals surface area contributed by atoms with Gasteiger partial charge >= 0.3 is 0 Å². The van der Waals surface area contributed by atoms with Crippen LogP contribution >= 0.6 is 0 Å². The summed E-state index contributed by atoms with van der Waals surface area (Å²) in [5, 5.41) is 12.7. The highest BCUT2D eigenvalue weighted by atomic mass is 19.1. The zero-order chi connectivity index (χ0) is 13.3. The molecule has 0 radical (unpaired) electrons. The molecule has 0 aliphatic carbocycles. The third-order valence-corrected chi connectivity index (χ3v) is 2.63. The van der Waals surface area contributed by atoms with Gasteiger partial charge in [-0.25, -0.2) is 4.39 Å². The molecule has 18 heavy (non-hydrogen) atoms. The Hall–Kier alpha value is -2.48. The van der Waals surface area contributed by atoms with Crippen molar-refractivity contribution in [1.29, 1.82) is 5.26 Å². The van der Waals surface area contributed by atoms with Gasteiger partial charge in [0.15, 0.2) is 5.78 Å². The van der Waals surface area contributed by atoms with Crippen LogP contribution < -0.4 is 0 Å². The highest BCUT2D eigenvalue weighted by Gasteiger charge is 2.12. The van der Waals surface area contributed by atoms with Crippen molar-refractivity contribution in [3.05, 3.63) is 41.3 Å². The number of nitriles is 1. The van der Waals surface area contributed by atoms with E-state index in [1.54, 1.807) is 25.2 Å². The van der Waals surface area contributed by atoms with Crippen molar-refractivity contribution in [2.24, 2.45) is 7.05 Å². The van der Waals surface area contributed by atoms with Crippen molar-refractivity contribution >= 4 is 5.78 Å². The van der Waals surface area contributed by atoms with Crippen LogP contribution in [0.3, 0.4) is 0 Å². The zero-order valence-electron chi connectivity index (χ0n) is 9.94. The molecule has 0 saturated heterocycles. The van der Waals surface area contributed by atoms with Crippen LogP contribution in [0.1, 0.15) is 23.0 Å². The Morgan fingerprint density at radius 3 is 2.67 bits per heavy atom. The predicted molar refractivity (Wildman–Crippen MR) is 63.3 cm³/mol. The number of aromatic nitrogens is 2. The van der Waals surface area contributed by atoms with Gasteiger partial charge in [-0.05, 0) is 18.2 Å². The molecule has 0 atom stereocenters. The van der Waals surface area contributed by atoms with Gasteiger partial charge in [0.25, 0.3) is 0 Å². The summed E-state index contributed by atoms with van der Waals surface area (Å²) in [4.78, 5) is 11.2. The number of rotatable bonds is 2. The molecular formula is C13H10FN3O. The normalized spacial score (nSPS) is 10.1. The van der Waals surface area contributed by atoms with Gasteiger partial charge in [0.05, 0.1) is 11.3 Å². The topological polar surface area (TPSA) is 58.7 Å². The van der Waals surface area contributed by atoms with Crippen molar-refractivity contribution in [2.75, 3.05) is 0 Å². The van der Waals surface area contributed by atoms with Crippen LogP contribution in [0.25, 0.3) is 11.3 Å². The molecule has 4 nitrogen and oxygen atoms in total. The van der Waals surface area contributed by atoms with Gasteiger partial charge in [-0.15, -0.1) is 0 Å². The molecule has 0 aliphatic heterocycles. The molecule has 0 aliphatic rings. The largest absolute Gasteiger partial charge is 0.293 e. The number of benzene rings is 1. The molecule has 0 N–H and O–H groups in total. The first-order valence-corrected chi connectivity index (χ1v) is 5.28. The highest BCUT2D eigenvalue weighted by Crippen LogP contribution is 2.22. The predicted octanol–water partition coefficient (Wildman–Crippen LogP) is 2.30. The molecule has 0 spiro atoms. The fourth-order valence-corrected chi connectivity index (χ4v) is 1.67. The summed E-state index contributed by atoms with van der Waals surface area (Å²) in [6.07, 6.45) is 0. The van der Waals surface area contributed by atoms with E-state index in [4.69, 9.17) is 5.26 Å². The number of halogens is 1. The van der Waals surface area contributed by atoms with E-state index in [9.17, 15) is 9.18 Å². The van der Waals surface area contributed by atoms with Gasteiger partial charge < -0.3 is 0 Å². The van der Waals surface area contributed by atoms with Crippen LogP contribution in [0.4, 0.5) is 4.39 Å². The number of Topliss-reactive ketones (excluding diaryl/α,β-unsaturated/α-hetero) is 1. The zero-order valence-corrected chi connectivity index (χ0v) is 9.94. The third-order valence-electron chi connectivity index (χ3n) is 2.63. The first-order valence-electron chi connectivity index (χ1n) is 5.28. The number of nitrogens with zero attached hydrogens (tertiary/aromatic N) is 3. The van der Waals surface area contributed by atoms with E-state index in [1.807, 2.05) is 0 Å². The second kappa shape index (κ2) is 4.41. The SMILES string of the molecule is CC(=O)c1cc(-c2ccc(C#N)c(F)c2)n(C)n1. The lowest BCUT2D eigenvalue weighted by Gasteiger charge is -2.02. The molecule has 0 bridgehead atoms. The summed E-state index contributed by atoms with van der Waals surface area (Å²) in [5.74, 6) is -0.730.